The Hall–Kier alpha value is -2.49. The van der Waals surface area contributed by atoms with E-state index in [1.165, 1.54) is 31.5 Å². The number of hydrazone groups is 1. The zero-order chi connectivity index (χ0) is 25.4. The van der Waals surface area contributed by atoms with E-state index in [4.69, 9.17) is 44.3 Å². The number of aromatic hydroxyl groups is 1. The number of nitrogens with zero attached hydrogens (tertiary/aromatic N) is 1. The van der Waals surface area contributed by atoms with Crippen LogP contribution < -0.4 is 20.2 Å². The van der Waals surface area contributed by atoms with Crippen molar-refractivity contribution in [2.24, 2.45) is 5.10 Å². The second kappa shape index (κ2) is 13.0. The van der Waals surface area contributed by atoms with Gasteiger partial charge in [-0.05, 0) is 69.5 Å². The van der Waals surface area contributed by atoms with Crippen molar-refractivity contribution >= 4 is 62.9 Å². The predicted molar refractivity (Wildman–Crippen MR) is 143 cm³/mol. The molecule has 3 aromatic carbocycles. The highest BCUT2D eigenvalue weighted by Crippen LogP contribution is 2.36. The molecule has 3 aromatic rings. The summed E-state index contributed by atoms with van der Waals surface area (Å²) in [5, 5.41) is 17.8. The van der Waals surface area contributed by atoms with Crippen molar-refractivity contribution in [3.63, 3.8) is 0 Å². The van der Waals surface area contributed by atoms with Crippen LogP contribution in [0.5, 0.6) is 17.2 Å². The average molecular weight is 602 g/mol. The lowest BCUT2D eigenvalue weighted by Gasteiger charge is -2.14. The normalized spacial score (nSPS) is 11.0. The summed E-state index contributed by atoms with van der Waals surface area (Å²) in [7, 11) is 1.54. The van der Waals surface area contributed by atoms with Crippen LogP contribution in [-0.2, 0) is 6.54 Å². The molecule has 0 aliphatic rings. The lowest BCUT2D eigenvalue weighted by atomic mass is 10.2. The Kier molecular flexibility index (Phi) is 10.1. The van der Waals surface area contributed by atoms with Gasteiger partial charge in [-0.15, -0.1) is 0 Å². The Morgan fingerprint density at radius 2 is 1.89 bits per heavy atom. The maximum atomic E-state index is 12.2. The van der Waals surface area contributed by atoms with Gasteiger partial charge >= 0.3 is 0 Å². The molecule has 7 nitrogen and oxygen atoms in total. The fraction of sp³-hybridized carbons (Fsp3) is 0.167. The molecule has 0 unspecified atom stereocenters. The molecule has 0 fully saturated rings. The largest absolute Gasteiger partial charge is 0.506 e. The highest BCUT2D eigenvalue weighted by molar-refractivity contribution is 9.10. The third-order valence-electron chi connectivity index (χ3n) is 4.68. The van der Waals surface area contributed by atoms with E-state index in [2.05, 4.69) is 31.8 Å². The number of carbonyl (C=O) groups is 1. The Morgan fingerprint density at radius 1 is 1.09 bits per heavy atom. The summed E-state index contributed by atoms with van der Waals surface area (Å²) >= 11 is 21.3. The van der Waals surface area contributed by atoms with Gasteiger partial charge in [0.2, 0.25) is 0 Å². The molecular formula is C24H21BrCl3N3O4. The van der Waals surface area contributed by atoms with E-state index >= 15 is 0 Å². The number of carbonyl (C=O) groups excluding carboxylic acids is 1. The molecule has 0 saturated carbocycles. The fourth-order valence-corrected chi connectivity index (χ4v) is 4.02. The minimum absolute atomic E-state index is 0.0791. The van der Waals surface area contributed by atoms with Crippen molar-refractivity contribution in [2.75, 3.05) is 20.3 Å². The molecule has 0 heterocycles. The van der Waals surface area contributed by atoms with Crippen molar-refractivity contribution in [3.8, 4) is 17.2 Å². The molecular weight excluding hydrogens is 581 g/mol. The zero-order valence-corrected chi connectivity index (χ0v) is 22.3. The first kappa shape index (κ1) is 27.1. The quantitative estimate of drug-likeness (QED) is 0.149. The summed E-state index contributed by atoms with van der Waals surface area (Å²) in [6, 6.07) is 13.1. The van der Waals surface area contributed by atoms with Crippen molar-refractivity contribution in [2.45, 2.75) is 6.54 Å². The van der Waals surface area contributed by atoms with Gasteiger partial charge in [0.25, 0.3) is 5.91 Å². The molecule has 0 spiro atoms. The molecule has 3 rings (SSSR count). The molecule has 0 aliphatic heterocycles. The number of nitrogens with one attached hydrogen (secondary N) is 2. The van der Waals surface area contributed by atoms with Crippen LogP contribution >= 0.6 is 50.7 Å². The molecule has 184 valence electrons. The van der Waals surface area contributed by atoms with Gasteiger partial charge in [0.05, 0.1) is 32.9 Å². The number of phenols is 1. The van der Waals surface area contributed by atoms with Crippen LogP contribution in [-0.4, -0.2) is 37.5 Å². The Balaban J connectivity index is 1.54. The highest BCUT2D eigenvalue weighted by Gasteiger charge is 2.12. The van der Waals surface area contributed by atoms with Crippen molar-refractivity contribution in [1.29, 1.82) is 0 Å². The van der Waals surface area contributed by atoms with E-state index < -0.39 is 5.91 Å². The topological polar surface area (TPSA) is 92.2 Å². The van der Waals surface area contributed by atoms with Gasteiger partial charge < -0.3 is 19.9 Å². The number of rotatable bonds is 10. The van der Waals surface area contributed by atoms with E-state index in [1.54, 1.807) is 18.2 Å². The first-order valence-electron chi connectivity index (χ1n) is 10.3. The number of methoxy groups -OCH3 is 1. The van der Waals surface area contributed by atoms with Gasteiger partial charge in [0.1, 0.15) is 12.4 Å². The van der Waals surface area contributed by atoms with E-state index in [0.29, 0.717) is 51.3 Å². The van der Waals surface area contributed by atoms with Crippen molar-refractivity contribution < 1.29 is 19.4 Å². The van der Waals surface area contributed by atoms with Crippen LogP contribution in [0, 0.1) is 0 Å². The van der Waals surface area contributed by atoms with E-state index in [-0.39, 0.29) is 16.3 Å². The summed E-state index contributed by atoms with van der Waals surface area (Å²) in [4.78, 5) is 12.2. The van der Waals surface area contributed by atoms with Crippen LogP contribution in [0.4, 0.5) is 0 Å². The maximum Gasteiger partial charge on any atom is 0.271 e. The van der Waals surface area contributed by atoms with Gasteiger partial charge in [0.15, 0.2) is 11.5 Å². The first-order valence-corrected chi connectivity index (χ1v) is 12.2. The minimum atomic E-state index is -0.470. The Labute approximate surface area is 226 Å². The van der Waals surface area contributed by atoms with Gasteiger partial charge in [-0.1, -0.05) is 40.9 Å². The summed E-state index contributed by atoms with van der Waals surface area (Å²) in [5.41, 5.74) is 4.36. The monoisotopic (exact) mass is 599 g/mol. The molecule has 0 atom stereocenters. The number of amides is 1. The van der Waals surface area contributed by atoms with E-state index in [9.17, 15) is 9.90 Å². The SMILES string of the molecule is COc1cc(/C=N/NC(=O)c2ccc(O)c(Cl)c2)cc(Br)c1OCCNCc1ccc(Cl)c(Cl)c1. The smallest absolute Gasteiger partial charge is 0.271 e. The lowest BCUT2D eigenvalue weighted by Crippen LogP contribution is -2.20. The molecule has 0 aliphatic carbocycles. The van der Waals surface area contributed by atoms with Gasteiger partial charge in [0, 0.05) is 18.7 Å². The molecule has 1 amide bonds. The third kappa shape index (κ3) is 7.75. The van der Waals surface area contributed by atoms with Crippen LogP contribution in [0.2, 0.25) is 15.1 Å². The maximum absolute atomic E-state index is 12.2. The zero-order valence-electron chi connectivity index (χ0n) is 18.4. The molecule has 0 saturated heterocycles. The first-order chi connectivity index (χ1) is 16.8. The summed E-state index contributed by atoms with van der Waals surface area (Å²) in [6.45, 7) is 1.61. The highest BCUT2D eigenvalue weighted by atomic mass is 79.9. The Morgan fingerprint density at radius 3 is 2.60 bits per heavy atom. The summed E-state index contributed by atoms with van der Waals surface area (Å²) < 4.78 is 12.0. The fourth-order valence-electron chi connectivity index (χ4n) is 2.94. The van der Waals surface area contributed by atoms with Crippen LogP contribution in [0.15, 0.2) is 58.1 Å². The molecule has 35 heavy (non-hydrogen) atoms. The molecule has 0 bridgehead atoms. The number of phenolic OH excluding ortho intramolecular Hbond substituents is 1. The van der Waals surface area contributed by atoms with Crippen LogP contribution in [0.3, 0.4) is 0 Å². The lowest BCUT2D eigenvalue weighted by molar-refractivity contribution is 0.0955. The third-order valence-corrected chi connectivity index (χ3v) is 6.31. The van der Waals surface area contributed by atoms with E-state index in [0.717, 1.165) is 5.56 Å². The minimum Gasteiger partial charge on any atom is -0.506 e. The van der Waals surface area contributed by atoms with Gasteiger partial charge in [-0.3, -0.25) is 4.79 Å². The summed E-state index contributed by atoms with van der Waals surface area (Å²) in [5.74, 6) is 0.474. The van der Waals surface area contributed by atoms with Crippen molar-refractivity contribution in [3.05, 3.63) is 84.8 Å². The standard InChI is InChI=1S/C24H21BrCl3N3O4/c1-34-22-10-15(13-30-31-24(33)16-3-5-21(32)20(28)11-16)8-17(25)23(22)35-7-6-29-12-14-2-4-18(26)19(27)9-14/h2-5,8-11,13,29,32H,6-7,12H2,1H3,(H,31,33)/b30-13+. The van der Waals surface area contributed by atoms with Crippen LogP contribution in [0.1, 0.15) is 21.5 Å². The van der Waals surface area contributed by atoms with E-state index in [1.807, 2.05) is 12.1 Å². The molecule has 0 radical (unpaired) electrons. The number of ether oxygens (including phenoxy) is 2. The summed E-state index contributed by atoms with van der Waals surface area (Å²) in [6.07, 6.45) is 1.47. The molecule has 11 heteroatoms. The predicted octanol–water partition coefficient (Wildman–Crippen LogP) is 6.06. The second-order valence-electron chi connectivity index (χ2n) is 7.17. The Bertz CT molecular complexity index is 1240. The number of benzene rings is 3. The van der Waals surface area contributed by atoms with Crippen molar-refractivity contribution in [1.82, 2.24) is 10.7 Å². The van der Waals surface area contributed by atoms with Gasteiger partial charge in [-0.25, -0.2) is 5.43 Å². The number of halogens is 4. The second-order valence-corrected chi connectivity index (χ2v) is 9.25. The molecule has 0 aromatic heterocycles. The van der Waals surface area contributed by atoms with Gasteiger partial charge in [-0.2, -0.15) is 5.10 Å². The average Bonchev–Trinajstić information content (AvgIpc) is 2.83. The molecule has 3 N–H and O–H groups in total. The number of hydrogen-bond donors (Lipinski definition) is 3. The number of hydrogen-bond acceptors (Lipinski definition) is 6. The van der Waals surface area contributed by atoms with Crippen LogP contribution in [0.25, 0.3) is 0 Å².